The average Bonchev–Trinajstić information content (AvgIpc) is 2.97. The molecule has 0 aliphatic heterocycles. The summed E-state index contributed by atoms with van der Waals surface area (Å²) in [4.78, 5) is 12.5. The Labute approximate surface area is 230 Å². The molecular formula is C35H46O3. The Bertz CT molecular complexity index is 1030. The Kier molecular flexibility index (Phi) is 14.3. The van der Waals surface area contributed by atoms with Crippen LogP contribution in [0.25, 0.3) is 22.3 Å². The van der Waals surface area contributed by atoms with E-state index in [1.807, 2.05) is 30.3 Å². The van der Waals surface area contributed by atoms with Crippen LogP contribution in [0, 0.1) is 0 Å². The fraction of sp³-hybridized carbons (Fsp3) is 0.457. The molecule has 0 unspecified atom stereocenters. The molecule has 3 heteroatoms. The van der Waals surface area contributed by atoms with Gasteiger partial charge in [0.15, 0.2) is 0 Å². The summed E-state index contributed by atoms with van der Waals surface area (Å²) in [7, 11) is 0. The molecule has 0 atom stereocenters. The second-order valence-corrected chi connectivity index (χ2v) is 10.3. The highest BCUT2D eigenvalue weighted by Gasteiger charge is 2.10. The summed E-state index contributed by atoms with van der Waals surface area (Å²) in [5, 5.41) is 8.79. The first-order chi connectivity index (χ1) is 18.8. The van der Waals surface area contributed by atoms with Crippen molar-refractivity contribution in [2.24, 2.45) is 0 Å². The molecule has 3 rings (SSSR count). The van der Waals surface area contributed by atoms with Gasteiger partial charge in [-0.05, 0) is 47.2 Å². The highest BCUT2D eigenvalue weighted by atomic mass is 16.5. The van der Waals surface area contributed by atoms with Gasteiger partial charge in [0.2, 0.25) is 0 Å². The van der Waals surface area contributed by atoms with Gasteiger partial charge in [-0.1, -0.05) is 144 Å². The van der Waals surface area contributed by atoms with Gasteiger partial charge >= 0.3 is 5.97 Å². The maximum absolute atomic E-state index is 12.5. The van der Waals surface area contributed by atoms with E-state index in [1.165, 1.54) is 81.8 Å². The summed E-state index contributed by atoms with van der Waals surface area (Å²) in [5.41, 5.74) is 5.23. The zero-order chi connectivity index (χ0) is 26.7. The molecule has 0 radical (unpaired) electrons. The van der Waals surface area contributed by atoms with Crippen LogP contribution >= 0.6 is 0 Å². The Morgan fingerprint density at radius 1 is 0.500 bits per heavy atom. The Balaban J connectivity index is 1.25. The first-order valence-electron chi connectivity index (χ1n) is 14.8. The standard InChI is InChI=1S/C35H46O3/c36-28-18-11-9-7-5-3-1-2-4-6-8-10-12-19-29-38-35(37)32-26-24-31(25-27-32)34-23-17-16-22-33(34)30-20-14-13-15-21-30/h13-17,20-27,36H,1-12,18-19,28-29H2. The van der Waals surface area contributed by atoms with E-state index in [0.717, 1.165) is 30.4 Å². The SMILES string of the molecule is O=C(OCCCCCCCCCCCCCCCCO)c1ccc(-c2ccccc2-c2ccccc2)cc1. The van der Waals surface area contributed by atoms with E-state index >= 15 is 0 Å². The number of ether oxygens (including phenoxy) is 1. The van der Waals surface area contributed by atoms with E-state index in [4.69, 9.17) is 9.84 Å². The Morgan fingerprint density at radius 3 is 1.42 bits per heavy atom. The van der Waals surface area contributed by atoms with Crippen molar-refractivity contribution in [3.63, 3.8) is 0 Å². The van der Waals surface area contributed by atoms with Gasteiger partial charge in [0.25, 0.3) is 0 Å². The van der Waals surface area contributed by atoms with Crippen LogP contribution in [0.15, 0.2) is 78.9 Å². The Hall–Kier alpha value is -2.91. The molecule has 0 amide bonds. The summed E-state index contributed by atoms with van der Waals surface area (Å²) in [6, 6.07) is 26.5. The lowest BCUT2D eigenvalue weighted by Crippen LogP contribution is -2.06. The van der Waals surface area contributed by atoms with E-state index in [2.05, 4.69) is 48.5 Å². The van der Waals surface area contributed by atoms with E-state index in [1.54, 1.807) is 0 Å². The molecule has 1 N–H and O–H groups in total. The van der Waals surface area contributed by atoms with Crippen LogP contribution in [0.2, 0.25) is 0 Å². The van der Waals surface area contributed by atoms with Gasteiger partial charge < -0.3 is 9.84 Å². The molecule has 204 valence electrons. The number of esters is 1. The second-order valence-electron chi connectivity index (χ2n) is 10.3. The summed E-state index contributed by atoms with van der Waals surface area (Å²) in [6.45, 7) is 0.835. The number of rotatable bonds is 19. The monoisotopic (exact) mass is 514 g/mol. The first-order valence-corrected chi connectivity index (χ1v) is 14.8. The third kappa shape index (κ3) is 10.8. The van der Waals surface area contributed by atoms with Gasteiger partial charge in [-0.15, -0.1) is 0 Å². The second kappa shape index (κ2) is 18.4. The minimum Gasteiger partial charge on any atom is -0.462 e. The molecular weight excluding hydrogens is 468 g/mol. The molecule has 0 spiro atoms. The molecule has 0 aliphatic rings. The van der Waals surface area contributed by atoms with Crippen LogP contribution in [0.1, 0.15) is 100 Å². The van der Waals surface area contributed by atoms with Gasteiger partial charge in [0.05, 0.1) is 12.2 Å². The van der Waals surface area contributed by atoms with Crippen LogP contribution < -0.4 is 0 Å². The van der Waals surface area contributed by atoms with Gasteiger partial charge in [-0.3, -0.25) is 0 Å². The van der Waals surface area contributed by atoms with Crippen molar-refractivity contribution >= 4 is 5.97 Å². The maximum Gasteiger partial charge on any atom is 0.338 e. The zero-order valence-electron chi connectivity index (χ0n) is 23.1. The van der Waals surface area contributed by atoms with Crippen molar-refractivity contribution < 1.29 is 14.6 Å². The van der Waals surface area contributed by atoms with Gasteiger partial charge in [0, 0.05) is 6.61 Å². The summed E-state index contributed by atoms with van der Waals surface area (Å²) < 4.78 is 5.53. The van der Waals surface area contributed by atoms with E-state index < -0.39 is 0 Å². The minimum atomic E-state index is -0.235. The lowest BCUT2D eigenvalue weighted by atomic mass is 9.94. The Morgan fingerprint density at radius 2 is 0.921 bits per heavy atom. The van der Waals surface area contributed by atoms with Crippen LogP contribution in [0.5, 0.6) is 0 Å². The highest BCUT2D eigenvalue weighted by Crippen LogP contribution is 2.32. The molecule has 0 aliphatic carbocycles. The summed E-state index contributed by atoms with van der Waals surface area (Å²) in [6.07, 6.45) is 17.3. The van der Waals surface area contributed by atoms with Crippen LogP contribution in [0.3, 0.4) is 0 Å². The number of hydrogen-bond acceptors (Lipinski definition) is 3. The third-order valence-electron chi connectivity index (χ3n) is 7.23. The van der Waals surface area contributed by atoms with Crippen molar-refractivity contribution in [3.05, 3.63) is 84.4 Å². The molecule has 38 heavy (non-hydrogen) atoms. The third-order valence-corrected chi connectivity index (χ3v) is 7.23. The number of carbonyl (C=O) groups excluding carboxylic acids is 1. The molecule has 3 aromatic rings. The number of hydrogen-bond donors (Lipinski definition) is 1. The molecule has 0 aromatic heterocycles. The van der Waals surface area contributed by atoms with Crippen LogP contribution in [-0.2, 0) is 4.74 Å². The molecule has 0 bridgehead atoms. The van der Waals surface area contributed by atoms with Gasteiger partial charge in [-0.25, -0.2) is 4.79 Å². The number of unbranched alkanes of at least 4 members (excludes halogenated alkanes) is 13. The van der Waals surface area contributed by atoms with Crippen molar-refractivity contribution in [2.45, 2.75) is 89.9 Å². The van der Waals surface area contributed by atoms with E-state index in [0.29, 0.717) is 18.8 Å². The predicted octanol–water partition coefficient (Wildman–Crippen LogP) is 9.63. The highest BCUT2D eigenvalue weighted by molar-refractivity contribution is 5.91. The largest absolute Gasteiger partial charge is 0.462 e. The molecule has 3 nitrogen and oxygen atoms in total. The fourth-order valence-corrected chi connectivity index (χ4v) is 4.97. The molecule has 3 aromatic carbocycles. The summed E-state index contributed by atoms with van der Waals surface area (Å²) in [5.74, 6) is -0.235. The normalized spacial score (nSPS) is 11.0. The fourth-order valence-electron chi connectivity index (χ4n) is 4.97. The van der Waals surface area contributed by atoms with Crippen molar-refractivity contribution in [3.8, 4) is 22.3 Å². The number of aliphatic hydroxyl groups excluding tert-OH is 1. The van der Waals surface area contributed by atoms with Crippen molar-refractivity contribution in [2.75, 3.05) is 13.2 Å². The maximum atomic E-state index is 12.5. The molecule has 0 fully saturated rings. The predicted molar refractivity (Wildman–Crippen MR) is 159 cm³/mol. The van der Waals surface area contributed by atoms with E-state index in [-0.39, 0.29) is 5.97 Å². The smallest absolute Gasteiger partial charge is 0.338 e. The zero-order valence-corrected chi connectivity index (χ0v) is 23.1. The average molecular weight is 515 g/mol. The van der Waals surface area contributed by atoms with Gasteiger partial charge in [0.1, 0.15) is 0 Å². The van der Waals surface area contributed by atoms with Crippen LogP contribution in [-0.4, -0.2) is 24.3 Å². The van der Waals surface area contributed by atoms with Crippen molar-refractivity contribution in [1.29, 1.82) is 0 Å². The van der Waals surface area contributed by atoms with E-state index in [9.17, 15) is 4.79 Å². The lowest BCUT2D eigenvalue weighted by molar-refractivity contribution is 0.0497. The lowest BCUT2D eigenvalue weighted by Gasteiger charge is -2.11. The first kappa shape index (κ1) is 29.6. The number of aliphatic hydroxyl groups is 1. The molecule has 0 saturated heterocycles. The minimum absolute atomic E-state index is 0.235. The quantitative estimate of drug-likeness (QED) is 0.128. The number of benzene rings is 3. The number of carbonyl (C=O) groups is 1. The van der Waals surface area contributed by atoms with Gasteiger partial charge in [-0.2, -0.15) is 0 Å². The molecule has 0 saturated carbocycles. The molecule has 0 heterocycles. The van der Waals surface area contributed by atoms with Crippen molar-refractivity contribution in [1.82, 2.24) is 0 Å². The topological polar surface area (TPSA) is 46.5 Å². The van der Waals surface area contributed by atoms with Crippen LogP contribution in [0.4, 0.5) is 0 Å². The summed E-state index contributed by atoms with van der Waals surface area (Å²) >= 11 is 0.